The van der Waals surface area contributed by atoms with E-state index in [0.29, 0.717) is 0 Å². The molecule has 0 saturated heterocycles. The Hall–Kier alpha value is -1.76. The lowest BCUT2D eigenvalue weighted by Gasteiger charge is -2.22. The number of hydrogen-bond acceptors (Lipinski definition) is 5. The summed E-state index contributed by atoms with van der Waals surface area (Å²) in [5, 5.41) is 11.2. The van der Waals surface area contributed by atoms with E-state index in [9.17, 15) is 8.42 Å². The van der Waals surface area contributed by atoms with Crippen molar-refractivity contribution in [1.29, 1.82) is 0 Å². The minimum Gasteiger partial charge on any atom is -0.215 e. The first-order valence-electron chi connectivity index (χ1n) is 7.18. The molecule has 0 unspecified atom stereocenters. The monoisotopic (exact) mass is 306 g/mol. The third kappa shape index (κ3) is 2.70. The largest absolute Gasteiger partial charge is 0.272 e. The molecule has 1 aromatic heterocycles. The molecule has 3 rings (SSSR count). The van der Waals surface area contributed by atoms with Gasteiger partial charge in [-0.1, -0.05) is 42.1 Å². The highest BCUT2D eigenvalue weighted by atomic mass is 32.2. The standard InChI is InChI=1S/C14H18N4O2S/c1-11-7-9-13(10-8-11)21(19,20)14-15-16-17-18(14)12-5-3-2-4-6-12/h7-10,12H,2-6H2,1H3. The average Bonchev–Trinajstić information content (AvgIpc) is 2.99. The molecule has 0 aliphatic heterocycles. The van der Waals surface area contributed by atoms with Crippen molar-refractivity contribution in [2.24, 2.45) is 0 Å². The van der Waals surface area contributed by atoms with Gasteiger partial charge in [0, 0.05) is 0 Å². The molecule has 7 heteroatoms. The summed E-state index contributed by atoms with van der Waals surface area (Å²) in [5.74, 6) is 0. The van der Waals surface area contributed by atoms with E-state index < -0.39 is 9.84 Å². The number of aromatic nitrogens is 4. The Morgan fingerprint density at radius 1 is 1.10 bits per heavy atom. The first-order valence-corrected chi connectivity index (χ1v) is 8.67. The molecule has 1 aliphatic carbocycles. The number of rotatable bonds is 3. The van der Waals surface area contributed by atoms with Crippen LogP contribution in [0.1, 0.15) is 43.7 Å². The average molecular weight is 306 g/mol. The summed E-state index contributed by atoms with van der Waals surface area (Å²) in [5.41, 5.74) is 1.01. The minimum absolute atomic E-state index is 0.0433. The van der Waals surface area contributed by atoms with Crippen LogP contribution in [-0.4, -0.2) is 28.6 Å². The topological polar surface area (TPSA) is 77.7 Å². The maximum atomic E-state index is 12.7. The van der Waals surface area contributed by atoms with Crippen molar-refractivity contribution in [1.82, 2.24) is 20.2 Å². The zero-order valence-electron chi connectivity index (χ0n) is 11.9. The maximum absolute atomic E-state index is 12.7. The van der Waals surface area contributed by atoms with Crippen LogP contribution in [0, 0.1) is 6.92 Å². The fourth-order valence-electron chi connectivity index (χ4n) is 2.74. The number of benzene rings is 1. The Labute approximate surface area is 124 Å². The quantitative estimate of drug-likeness (QED) is 0.869. The summed E-state index contributed by atoms with van der Waals surface area (Å²) in [4.78, 5) is 0.236. The van der Waals surface area contributed by atoms with Gasteiger partial charge in [0.1, 0.15) is 0 Å². The third-order valence-corrected chi connectivity index (χ3v) is 5.60. The van der Waals surface area contributed by atoms with Crippen LogP contribution < -0.4 is 0 Å². The molecule has 0 N–H and O–H groups in total. The van der Waals surface area contributed by atoms with E-state index in [-0.39, 0.29) is 16.1 Å². The van der Waals surface area contributed by atoms with Gasteiger partial charge in [0.2, 0.25) is 9.84 Å². The third-order valence-electron chi connectivity index (χ3n) is 3.95. The second kappa shape index (κ2) is 5.55. The van der Waals surface area contributed by atoms with Crippen LogP contribution in [0.3, 0.4) is 0 Å². The summed E-state index contributed by atoms with van der Waals surface area (Å²) >= 11 is 0. The predicted octanol–water partition coefficient (Wildman–Crippen LogP) is 2.32. The van der Waals surface area contributed by atoms with Gasteiger partial charge in [0.15, 0.2) is 0 Å². The highest BCUT2D eigenvalue weighted by Gasteiger charge is 2.29. The molecular weight excluding hydrogens is 288 g/mol. The molecule has 0 atom stereocenters. The number of sulfone groups is 1. The highest BCUT2D eigenvalue weighted by molar-refractivity contribution is 7.91. The lowest BCUT2D eigenvalue weighted by Crippen LogP contribution is -2.19. The fourth-order valence-corrected chi connectivity index (χ4v) is 4.02. The number of tetrazole rings is 1. The normalized spacial score (nSPS) is 17.0. The molecule has 6 nitrogen and oxygen atoms in total. The lowest BCUT2D eigenvalue weighted by atomic mass is 9.96. The smallest absolute Gasteiger partial charge is 0.215 e. The Morgan fingerprint density at radius 2 is 1.76 bits per heavy atom. The van der Waals surface area contributed by atoms with Gasteiger partial charge < -0.3 is 0 Å². The van der Waals surface area contributed by atoms with Gasteiger partial charge in [-0.2, -0.15) is 0 Å². The first kappa shape index (κ1) is 14.2. The Bertz CT molecular complexity index is 716. The molecule has 1 heterocycles. The molecule has 0 radical (unpaired) electrons. The maximum Gasteiger partial charge on any atom is 0.272 e. The Morgan fingerprint density at radius 3 is 2.43 bits per heavy atom. The zero-order chi connectivity index (χ0) is 14.9. The van der Waals surface area contributed by atoms with E-state index >= 15 is 0 Å². The second-order valence-electron chi connectivity index (χ2n) is 5.51. The van der Waals surface area contributed by atoms with Crippen LogP contribution in [0.25, 0.3) is 0 Å². The van der Waals surface area contributed by atoms with Gasteiger partial charge in [-0.25, -0.2) is 13.1 Å². The SMILES string of the molecule is Cc1ccc(S(=O)(=O)c2nnnn2C2CCCCC2)cc1. The summed E-state index contributed by atoms with van der Waals surface area (Å²) in [6.45, 7) is 1.92. The molecule has 112 valence electrons. The van der Waals surface area contributed by atoms with E-state index in [1.54, 1.807) is 24.3 Å². The lowest BCUT2D eigenvalue weighted by molar-refractivity contribution is 0.305. The van der Waals surface area contributed by atoms with Crippen molar-refractivity contribution in [3.8, 4) is 0 Å². The van der Waals surface area contributed by atoms with E-state index in [0.717, 1.165) is 31.2 Å². The summed E-state index contributed by atoms with van der Waals surface area (Å²) in [6.07, 6.45) is 5.24. The minimum atomic E-state index is -3.67. The number of nitrogens with zero attached hydrogens (tertiary/aromatic N) is 4. The predicted molar refractivity (Wildman–Crippen MR) is 76.6 cm³/mol. The van der Waals surface area contributed by atoms with Gasteiger partial charge in [-0.15, -0.1) is 0 Å². The molecule has 1 saturated carbocycles. The molecule has 0 amide bonds. The molecular formula is C14H18N4O2S. The molecule has 0 spiro atoms. The van der Waals surface area contributed by atoms with E-state index in [1.807, 2.05) is 6.92 Å². The van der Waals surface area contributed by atoms with Crippen LogP contribution in [0.15, 0.2) is 34.3 Å². The molecule has 1 aromatic carbocycles. The van der Waals surface area contributed by atoms with Crippen molar-refractivity contribution < 1.29 is 8.42 Å². The zero-order valence-corrected chi connectivity index (χ0v) is 12.8. The Balaban J connectivity index is 2.00. The Kier molecular flexibility index (Phi) is 3.75. The van der Waals surface area contributed by atoms with Crippen LogP contribution in [0.2, 0.25) is 0 Å². The van der Waals surface area contributed by atoms with Gasteiger partial charge in [0.25, 0.3) is 5.16 Å². The van der Waals surface area contributed by atoms with Crippen molar-refractivity contribution in [3.05, 3.63) is 29.8 Å². The van der Waals surface area contributed by atoms with E-state index in [4.69, 9.17) is 0 Å². The molecule has 0 bridgehead atoms. The van der Waals surface area contributed by atoms with Gasteiger partial charge in [-0.3, -0.25) is 0 Å². The number of aryl methyl sites for hydroxylation is 1. The van der Waals surface area contributed by atoms with Crippen molar-refractivity contribution in [2.75, 3.05) is 0 Å². The summed E-state index contributed by atoms with van der Waals surface area (Å²) in [7, 11) is -3.67. The van der Waals surface area contributed by atoms with E-state index in [2.05, 4.69) is 15.5 Å². The molecule has 1 fully saturated rings. The van der Waals surface area contributed by atoms with Crippen LogP contribution >= 0.6 is 0 Å². The van der Waals surface area contributed by atoms with Gasteiger partial charge >= 0.3 is 0 Å². The summed E-state index contributed by atoms with van der Waals surface area (Å²) < 4.78 is 26.9. The van der Waals surface area contributed by atoms with Crippen molar-refractivity contribution in [2.45, 2.75) is 55.1 Å². The van der Waals surface area contributed by atoms with E-state index in [1.165, 1.54) is 11.1 Å². The number of hydrogen-bond donors (Lipinski definition) is 0. The highest BCUT2D eigenvalue weighted by Crippen LogP contribution is 2.30. The fraction of sp³-hybridized carbons (Fsp3) is 0.500. The van der Waals surface area contributed by atoms with Gasteiger partial charge in [0.05, 0.1) is 10.9 Å². The summed E-state index contributed by atoms with van der Waals surface area (Å²) in [6, 6.07) is 6.85. The first-order chi connectivity index (χ1) is 10.1. The van der Waals surface area contributed by atoms with Crippen molar-refractivity contribution in [3.63, 3.8) is 0 Å². The van der Waals surface area contributed by atoms with Crippen LogP contribution in [0.5, 0.6) is 0 Å². The second-order valence-corrected chi connectivity index (χ2v) is 7.36. The van der Waals surface area contributed by atoms with Crippen LogP contribution in [0.4, 0.5) is 0 Å². The molecule has 21 heavy (non-hydrogen) atoms. The van der Waals surface area contributed by atoms with Crippen molar-refractivity contribution >= 4 is 9.84 Å². The van der Waals surface area contributed by atoms with Crippen LogP contribution in [-0.2, 0) is 9.84 Å². The molecule has 2 aromatic rings. The van der Waals surface area contributed by atoms with Gasteiger partial charge in [-0.05, 0) is 42.3 Å². The molecule has 1 aliphatic rings.